The van der Waals surface area contributed by atoms with Crippen molar-refractivity contribution in [3.05, 3.63) is 36.5 Å². The highest BCUT2D eigenvalue weighted by Crippen LogP contribution is 2.30. The van der Waals surface area contributed by atoms with Gasteiger partial charge in [0, 0.05) is 6.20 Å². The number of nitrogens with zero attached hydrogens (tertiary/aromatic N) is 1. The van der Waals surface area contributed by atoms with Gasteiger partial charge in [0.1, 0.15) is 0 Å². The Bertz CT molecular complexity index is 318. The number of allylic oxidation sites excluding steroid dienone is 1. The summed E-state index contributed by atoms with van der Waals surface area (Å²) in [5.74, 6) is 0. The smallest absolute Gasteiger partial charge is 0.0920 e. The summed E-state index contributed by atoms with van der Waals surface area (Å²) < 4.78 is 0. The summed E-state index contributed by atoms with van der Waals surface area (Å²) in [4.78, 5) is 2.22. The van der Waals surface area contributed by atoms with Gasteiger partial charge in [-0.05, 0) is 18.6 Å². The third-order valence-electron chi connectivity index (χ3n) is 2.17. The topological polar surface area (TPSA) is 15.3 Å². The summed E-state index contributed by atoms with van der Waals surface area (Å²) >= 11 is 0. The number of para-hydroxylation sites is 2. The Balaban J connectivity index is 2.23. The van der Waals surface area contributed by atoms with Gasteiger partial charge in [0.2, 0.25) is 0 Å². The number of hydrogen-bond donors (Lipinski definition) is 1. The Morgan fingerprint density at radius 1 is 1.46 bits per heavy atom. The van der Waals surface area contributed by atoms with Crippen LogP contribution < -0.4 is 10.2 Å². The van der Waals surface area contributed by atoms with E-state index in [-0.39, 0.29) is 0 Å². The monoisotopic (exact) mass is 174 g/mol. The second-order valence-corrected chi connectivity index (χ2v) is 3.11. The van der Waals surface area contributed by atoms with Crippen LogP contribution in [0.2, 0.25) is 0 Å². The van der Waals surface area contributed by atoms with Crippen LogP contribution in [0, 0.1) is 0 Å². The first kappa shape index (κ1) is 8.17. The summed E-state index contributed by atoms with van der Waals surface area (Å²) in [7, 11) is 0. The molecule has 2 rings (SSSR count). The van der Waals surface area contributed by atoms with Gasteiger partial charge in [-0.1, -0.05) is 25.1 Å². The van der Waals surface area contributed by atoms with Crippen molar-refractivity contribution in [2.45, 2.75) is 13.3 Å². The van der Waals surface area contributed by atoms with Crippen LogP contribution in [0.4, 0.5) is 11.4 Å². The van der Waals surface area contributed by atoms with E-state index in [1.165, 1.54) is 11.4 Å². The SMILES string of the molecule is CCC=CN1CNc2ccccc21. The van der Waals surface area contributed by atoms with E-state index in [0.717, 1.165) is 13.1 Å². The molecule has 2 heteroatoms. The van der Waals surface area contributed by atoms with E-state index < -0.39 is 0 Å². The first-order valence-electron chi connectivity index (χ1n) is 4.68. The van der Waals surface area contributed by atoms with E-state index in [4.69, 9.17) is 0 Å². The zero-order chi connectivity index (χ0) is 9.10. The molecule has 1 aliphatic rings. The standard InChI is InChI=1S/C11H14N2/c1-2-3-8-13-9-12-10-6-4-5-7-11(10)13/h3-8,12H,2,9H2,1H3. The van der Waals surface area contributed by atoms with E-state index in [2.05, 4.69) is 53.7 Å². The molecule has 1 aromatic carbocycles. The number of rotatable bonds is 2. The average Bonchev–Trinajstić information content (AvgIpc) is 2.58. The maximum absolute atomic E-state index is 3.33. The minimum atomic E-state index is 0.885. The van der Waals surface area contributed by atoms with E-state index in [9.17, 15) is 0 Å². The third kappa shape index (κ3) is 1.52. The van der Waals surface area contributed by atoms with Gasteiger partial charge in [-0.25, -0.2) is 0 Å². The average molecular weight is 174 g/mol. The molecule has 1 aliphatic heterocycles. The largest absolute Gasteiger partial charge is 0.366 e. The molecule has 0 aliphatic carbocycles. The molecule has 13 heavy (non-hydrogen) atoms. The number of hydrogen-bond acceptors (Lipinski definition) is 2. The highest BCUT2D eigenvalue weighted by molar-refractivity contribution is 5.75. The molecule has 1 N–H and O–H groups in total. The van der Waals surface area contributed by atoms with Crippen LogP contribution in [-0.4, -0.2) is 6.67 Å². The zero-order valence-corrected chi connectivity index (χ0v) is 7.83. The normalized spacial score (nSPS) is 14.7. The summed E-state index contributed by atoms with van der Waals surface area (Å²) in [5.41, 5.74) is 2.50. The molecule has 0 saturated heterocycles. The maximum Gasteiger partial charge on any atom is 0.0920 e. The molecule has 0 aromatic heterocycles. The number of anilines is 2. The lowest BCUT2D eigenvalue weighted by Gasteiger charge is -2.11. The Morgan fingerprint density at radius 3 is 3.15 bits per heavy atom. The van der Waals surface area contributed by atoms with Gasteiger partial charge >= 0.3 is 0 Å². The fraction of sp³-hybridized carbons (Fsp3) is 0.273. The molecule has 0 atom stereocenters. The predicted molar refractivity (Wildman–Crippen MR) is 56.8 cm³/mol. The highest BCUT2D eigenvalue weighted by atomic mass is 15.3. The lowest BCUT2D eigenvalue weighted by molar-refractivity contribution is 1.07. The lowest BCUT2D eigenvalue weighted by atomic mass is 10.3. The molecule has 1 aromatic rings. The van der Waals surface area contributed by atoms with E-state index in [1.807, 2.05) is 0 Å². The van der Waals surface area contributed by atoms with Crippen LogP contribution in [0.15, 0.2) is 36.5 Å². The molecule has 68 valence electrons. The first-order valence-corrected chi connectivity index (χ1v) is 4.68. The van der Waals surface area contributed by atoms with Gasteiger partial charge in [-0.2, -0.15) is 0 Å². The predicted octanol–water partition coefficient (Wildman–Crippen LogP) is 2.80. The minimum Gasteiger partial charge on any atom is -0.366 e. The number of benzene rings is 1. The van der Waals surface area contributed by atoms with E-state index in [1.54, 1.807) is 0 Å². The zero-order valence-electron chi connectivity index (χ0n) is 7.83. The Kier molecular flexibility index (Phi) is 2.21. The van der Waals surface area contributed by atoms with Crippen LogP contribution in [0.3, 0.4) is 0 Å². The molecule has 0 bridgehead atoms. The first-order chi connectivity index (χ1) is 6.42. The highest BCUT2D eigenvalue weighted by Gasteiger charge is 2.14. The van der Waals surface area contributed by atoms with Gasteiger partial charge in [-0.15, -0.1) is 0 Å². The van der Waals surface area contributed by atoms with Crippen LogP contribution in [-0.2, 0) is 0 Å². The molecule has 2 nitrogen and oxygen atoms in total. The van der Waals surface area contributed by atoms with Crippen molar-refractivity contribution in [2.24, 2.45) is 0 Å². The van der Waals surface area contributed by atoms with Gasteiger partial charge in [0.25, 0.3) is 0 Å². The van der Waals surface area contributed by atoms with Crippen LogP contribution in [0.5, 0.6) is 0 Å². The van der Waals surface area contributed by atoms with Gasteiger partial charge < -0.3 is 10.2 Å². The van der Waals surface area contributed by atoms with Crippen molar-refractivity contribution >= 4 is 11.4 Å². The van der Waals surface area contributed by atoms with E-state index >= 15 is 0 Å². The Hall–Kier alpha value is -1.44. The summed E-state index contributed by atoms with van der Waals surface area (Å²) in [5, 5.41) is 3.33. The summed E-state index contributed by atoms with van der Waals surface area (Å²) in [6.07, 6.45) is 5.39. The van der Waals surface area contributed by atoms with Crippen molar-refractivity contribution in [1.82, 2.24) is 0 Å². The van der Waals surface area contributed by atoms with Crippen LogP contribution >= 0.6 is 0 Å². The van der Waals surface area contributed by atoms with Crippen molar-refractivity contribution in [2.75, 3.05) is 16.9 Å². The van der Waals surface area contributed by atoms with Crippen molar-refractivity contribution in [1.29, 1.82) is 0 Å². The second kappa shape index (κ2) is 3.52. The van der Waals surface area contributed by atoms with Crippen LogP contribution in [0.25, 0.3) is 0 Å². The van der Waals surface area contributed by atoms with Gasteiger partial charge in [0.15, 0.2) is 0 Å². The molecule has 0 amide bonds. The van der Waals surface area contributed by atoms with Crippen molar-refractivity contribution < 1.29 is 0 Å². The summed E-state index contributed by atoms with van der Waals surface area (Å²) in [6, 6.07) is 8.36. The fourth-order valence-electron chi connectivity index (χ4n) is 1.49. The van der Waals surface area contributed by atoms with Gasteiger partial charge in [-0.3, -0.25) is 0 Å². The molecule has 1 heterocycles. The Labute approximate surface area is 78.9 Å². The maximum atomic E-state index is 3.33. The fourth-order valence-corrected chi connectivity index (χ4v) is 1.49. The van der Waals surface area contributed by atoms with Crippen molar-refractivity contribution in [3.63, 3.8) is 0 Å². The molecule has 0 spiro atoms. The molecule has 0 unspecified atom stereocenters. The molecule has 0 fully saturated rings. The van der Waals surface area contributed by atoms with Gasteiger partial charge in [0.05, 0.1) is 18.0 Å². The van der Waals surface area contributed by atoms with Crippen LogP contribution in [0.1, 0.15) is 13.3 Å². The van der Waals surface area contributed by atoms with E-state index in [0.29, 0.717) is 0 Å². The number of nitrogens with one attached hydrogen (secondary N) is 1. The van der Waals surface area contributed by atoms with Crippen molar-refractivity contribution in [3.8, 4) is 0 Å². The second-order valence-electron chi connectivity index (χ2n) is 3.11. The molecule has 0 radical (unpaired) electrons. The quantitative estimate of drug-likeness (QED) is 0.741. The molecular formula is C11H14N2. The number of fused-ring (bicyclic) bond motifs is 1. The minimum absolute atomic E-state index is 0.885. The summed E-state index contributed by atoms with van der Waals surface area (Å²) in [6.45, 7) is 3.03. The molecular weight excluding hydrogens is 160 g/mol. The third-order valence-corrected chi connectivity index (χ3v) is 2.17. The molecule has 0 saturated carbocycles. The Morgan fingerprint density at radius 2 is 2.31 bits per heavy atom. The lowest BCUT2D eigenvalue weighted by Crippen LogP contribution is -2.14.